The van der Waals surface area contributed by atoms with E-state index in [1.807, 2.05) is 36.4 Å². The molecule has 2 aromatic carbocycles. The van der Waals surface area contributed by atoms with Crippen molar-refractivity contribution in [3.63, 3.8) is 0 Å². The van der Waals surface area contributed by atoms with Gasteiger partial charge < -0.3 is 45.8 Å². The average Bonchev–Trinajstić information content (AvgIpc) is 1.35. The van der Waals surface area contributed by atoms with Gasteiger partial charge in [0.05, 0.1) is 35.6 Å². The molecule has 19 atom stereocenters. The van der Waals surface area contributed by atoms with E-state index in [1.165, 1.54) is 86.1 Å². The summed E-state index contributed by atoms with van der Waals surface area (Å²) in [5.74, 6) is -7.54. The third-order valence-corrected chi connectivity index (χ3v) is 24.9. The predicted octanol–water partition coefficient (Wildman–Crippen LogP) is 14.7. The zero-order valence-electron chi connectivity index (χ0n) is 52.6. The third kappa shape index (κ3) is 11.7. The molecule has 0 radical (unpaired) electrons. The monoisotopic (exact) mass is 1380 g/mol. The van der Waals surface area contributed by atoms with Crippen molar-refractivity contribution in [3.05, 3.63) is 156 Å². The van der Waals surface area contributed by atoms with Gasteiger partial charge in [-0.15, -0.1) is 12.6 Å². The van der Waals surface area contributed by atoms with E-state index in [2.05, 4.69) is 38.6 Å². The maximum Gasteiger partial charge on any atom is 0.673 e. The highest BCUT2D eigenvalue weighted by Gasteiger charge is 2.80. The molecule has 0 aliphatic heterocycles. The number of hydrogen-bond acceptors (Lipinski definition) is 13. The fraction of sp³-hybridized carbons (Fsp3) is 0.500. The van der Waals surface area contributed by atoms with E-state index in [9.17, 15) is 65.0 Å². The number of ketones is 2. The Balaban J connectivity index is 0.000000169. The first-order chi connectivity index (χ1) is 43.9. The van der Waals surface area contributed by atoms with Crippen molar-refractivity contribution in [2.24, 2.45) is 57.2 Å². The quantitative estimate of drug-likeness (QED) is 0.0448. The molecular formula is C68H73BF10O12S3. The Bertz CT molecular complexity index is 3680. The first-order valence-corrected chi connectivity index (χ1v) is 33.4. The molecule has 4 aromatic rings. The van der Waals surface area contributed by atoms with Gasteiger partial charge in [-0.3, -0.25) is 19.2 Å². The molecule has 12 rings (SSSR count). The Morgan fingerprint density at radius 1 is 0.638 bits per heavy atom. The summed E-state index contributed by atoms with van der Waals surface area (Å²) in [6.07, 6.45) is 2.74. The lowest BCUT2D eigenvalue weighted by Crippen LogP contribution is -2.70. The van der Waals surface area contributed by atoms with E-state index in [4.69, 9.17) is 18.3 Å². The molecule has 0 spiro atoms. The number of ether oxygens (including phenoxy) is 2. The van der Waals surface area contributed by atoms with E-state index in [0.29, 0.717) is 11.8 Å². The van der Waals surface area contributed by atoms with Gasteiger partial charge in [-0.25, -0.2) is 31.5 Å². The Morgan fingerprint density at radius 2 is 1.07 bits per heavy atom. The zero-order valence-corrected chi connectivity index (χ0v) is 55.1. The molecule has 8 aliphatic rings. The number of aliphatic hydroxyl groups excluding tert-OH is 2. The van der Waals surface area contributed by atoms with Crippen molar-refractivity contribution in [1.82, 2.24) is 0 Å². The summed E-state index contributed by atoms with van der Waals surface area (Å²) in [4.78, 5) is 78.9. The van der Waals surface area contributed by atoms with Crippen molar-refractivity contribution >= 4 is 76.3 Å². The predicted molar refractivity (Wildman–Crippen MR) is 335 cm³/mol. The lowest BCUT2D eigenvalue weighted by atomic mass is 9.44. The molecule has 12 nitrogen and oxygen atoms in total. The highest BCUT2D eigenvalue weighted by atomic mass is 32.2. The van der Waals surface area contributed by atoms with E-state index < -0.39 is 162 Å². The normalized spacial score (nSPS) is 37.6. The van der Waals surface area contributed by atoms with Crippen LogP contribution in [0.2, 0.25) is 0 Å². The minimum absolute atomic E-state index is 0.00739. The Hall–Kier alpha value is -6.09. The van der Waals surface area contributed by atoms with Crippen molar-refractivity contribution in [1.29, 1.82) is 0 Å². The first-order valence-electron chi connectivity index (χ1n) is 30.6. The first kappa shape index (κ1) is 72.2. The number of thiol groups is 1. The van der Waals surface area contributed by atoms with Crippen LogP contribution in [0.4, 0.5) is 43.6 Å². The van der Waals surface area contributed by atoms with Crippen LogP contribution in [0.15, 0.2) is 152 Å². The van der Waals surface area contributed by atoms with Crippen LogP contribution in [0.5, 0.6) is 0 Å². The second kappa shape index (κ2) is 26.4. The van der Waals surface area contributed by atoms with Gasteiger partial charge in [0.2, 0.25) is 21.8 Å². The number of carbonyl (C=O) groups is 6. The average molecular weight is 1380 g/mol. The highest BCUT2D eigenvalue weighted by molar-refractivity contribution is 8.13. The van der Waals surface area contributed by atoms with Crippen LogP contribution >= 0.6 is 24.4 Å². The molecule has 8 aliphatic carbocycles. The summed E-state index contributed by atoms with van der Waals surface area (Å²) >= 11 is 4.47. The number of rotatable bonds is 10. The topological polar surface area (TPSA) is 188 Å². The fourth-order valence-corrected chi connectivity index (χ4v) is 20.4. The number of fused-ring (bicyclic) bond motifs is 10. The van der Waals surface area contributed by atoms with Gasteiger partial charge in [-0.05, 0) is 185 Å². The van der Waals surface area contributed by atoms with E-state index >= 15 is 17.6 Å². The van der Waals surface area contributed by atoms with E-state index in [1.54, 1.807) is 27.7 Å². The number of esters is 2. The second-order valence-corrected chi connectivity index (χ2v) is 29.8. The lowest BCUT2D eigenvalue weighted by Gasteiger charge is -2.63. The smallest absolute Gasteiger partial charge is 0.457 e. The minimum Gasteiger partial charge on any atom is -0.457 e. The Labute approximate surface area is 550 Å². The second-order valence-electron chi connectivity index (χ2n) is 26.6. The molecule has 0 amide bonds. The third-order valence-electron chi connectivity index (χ3n) is 22.0. The zero-order chi connectivity index (χ0) is 69.3. The molecule has 2 heterocycles. The summed E-state index contributed by atoms with van der Waals surface area (Å²) in [7, 11) is -6.44. The summed E-state index contributed by atoms with van der Waals surface area (Å²) < 4.78 is 154. The molecular weight excluding hydrogens is 1310 g/mol. The summed E-state index contributed by atoms with van der Waals surface area (Å²) in [6, 6.07) is 20.5. The maximum atomic E-state index is 17.4. The van der Waals surface area contributed by atoms with Crippen LogP contribution in [0.3, 0.4) is 0 Å². The molecule has 0 saturated heterocycles. The lowest BCUT2D eigenvalue weighted by molar-refractivity contribution is -0.221. The van der Waals surface area contributed by atoms with Gasteiger partial charge in [-0.2, -0.15) is 4.39 Å². The van der Waals surface area contributed by atoms with Gasteiger partial charge in [0.15, 0.2) is 43.9 Å². The Morgan fingerprint density at radius 3 is 1.48 bits per heavy atom. The van der Waals surface area contributed by atoms with Crippen molar-refractivity contribution in [2.75, 3.05) is 12.0 Å². The Kier molecular flexibility index (Phi) is 20.3. The number of thioether (sulfide) groups is 1. The molecule has 2 N–H and O–H groups in total. The number of alkyl halides is 6. The fourth-order valence-electron chi connectivity index (χ4n) is 17.5. The maximum absolute atomic E-state index is 17.4. The van der Waals surface area contributed by atoms with Crippen LogP contribution in [-0.4, -0.2) is 110 Å². The van der Waals surface area contributed by atoms with Crippen LogP contribution < -0.4 is 0 Å². The molecule has 508 valence electrons. The van der Waals surface area contributed by atoms with Gasteiger partial charge in [0.25, 0.3) is 6.01 Å². The van der Waals surface area contributed by atoms with E-state index in [0.717, 1.165) is 21.9 Å². The number of aryl methyl sites for hydroxylation is 2. The highest BCUT2D eigenvalue weighted by Crippen LogP contribution is 2.74. The standard InChI is InChI=1S/C27H29F3O6S.C26H28F2O6S.C15H16FS.BF4/c1-14-9-16-17-11-19(29)18-10-15(31)6-7-24(18,2)26(17,30)21(32)12-25(16,3)27(14,23(34)37-13-28)36-22(33)20-5-4-8-35-20;1-13-9-15-16-11-18(27)17-10-14(29)6-7-23(17,2)25(16,28)20(30)12-24(15,3)26(13,22(32)35)34-21(31)19-5-4-8-33-19;1-12-8-9-15(10-13(12)2)17(11-16)14-6-4-3-5-7-14;2-1(3,4)5/h4-8,10,14,16-17,19,21,32H,9,11-13H2,1-3H3;4-8,10,13,15-16,18,20,30H,9,11-12H2,1-3H3,(H,32,35);3-10H,11H2,1-2H3;/q;;+1;-1/t14-,16?,17?,19-,21+,24+,25+,26-,27+;13-,15?,16?,18-,20+,23+,24+,25-,26+;;/m11../s1. The molecule has 6 saturated carbocycles. The molecule has 6 fully saturated rings. The van der Waals surface area contributed by atoms with Crippen molar-refractivity contribution in [3.8, 4) is 0 Å². The largest absolute Gasteiger partial charge is 0.673 e. The van der Waals surface area contributed by atoms with Gasteiger partial charge in [0, 0.05) is 45.3 Å². The number of allylic oxidation sites excluding steroid dienone is 8. The van der Waals surface area contributed by atoms with Crippen molar-refractivity contribution < 1.29 is 101 Å². The number of furan rings is 2. The van der Waals surface area contributed by atoms with Crippen LogP contribution in [0.25, 0.3) is 0 Å². The van der Waals surface area contributed by atoms with Crippen LogP contribution in [-0.2, 0) is 39.5 Å². The van der Waals surface area contributed by atoms with Crippen LogP contribution in [0.1, 0.15) is 112 Å². The summed E-state index contributed by atoms with van der Waals surface area (Å²) in [5.41, 5.74) is -11.5. The number of halogens is 10. The van der Waals surface area contributed by atoms with Gasteiger partial charge in [0.1, 0.15) is 18.3 Å². The van der Waals surface area contributed by atoms with Gasteiger partial charge in [-0.1, -0.05) is 64.1 Å². The molecule has 5 unspecified atom stereocenters. The number of hydrogen-bond donors (Lipinski definition) is 3. The van der Waals surface area contributed by atoms with Crippen LogP contribution in [0, 0.1) is 71.0 Å². The summed E-state index contributed by atoms with van der Waals surface area (Å²) in [5, 5.41) is 21.4. The summed E-state index contributed by atoms with van der Waals surface area (Å²) in [6.45, 7) is 13.9. The number of aliphatic hydroxyl groups is 2. The molecule has 2 aromatic heterocycles. The number of benzene rings is 2. The van der Waals surface area contributed by atoms with E-state index in [-0.39, 0.29) is 67.2 Å². The molecule has 0 bridgehead atoms. The number of carbonyl (C=O) groups excluding carboxylic acids is 6. The van der Waals surface area contributed by atoms with Crippen molar-refractivity contribution in [2.45, 2.75) is 151 Å². The SMILES string of the molecule is C[C@@H]1CC2C3C[C@@H](F)C4=CC(=O)C=C[C@]4(C)[C@]3(F)[C@@H](O)C[C@]2(C)[C@@]1(OC(=O)c1ccco1)C(=O)S.C[C@@H]1CC2C3C[C@@H](F)C4=CC(=O)C=C[C@]4(C)[C@]3(F)[C@@H](O)C[C@]2(C)[C@@]1(OC(=O)c1ccco1)C(=O)SCF.Cc1ccc([S+](CF)c2ccccc2)cc1C.F[B-](F)(F)F. The molecule has 26 heteroatoms. The van der Waals surface area contributed by atoms with Gasteiger partial charge >= 0.3 is 19.2 Å². The molecule has 94 heavy (non-hydrogen) atoms. The minimum atomic E-state index is -6.00.